The minimum atomic E-state index is 0. The molecular weight excluding hydrogens is 277 g/mol. The molecule has 0 aromatic heterocycles. The van der Waals surface area contributed by atoms with Crippen LogP contribution in [0, 0.1) is 17.3 Å². The highest BCUT2D eigenvalue weighted by molar-refractivity contribution is 6.30. The summed E-state index contributed by atoms with van der Waals surface area (Å²) in [7, 11) is 0. The normalized spacial score (nSPS) is 19.2. The van der Waals surface area contributed by atoms with Crippen LogP contribution in [0.3, 0.4) is 0 Å². The molecular formula is C16H19Cl2N. The summed E-state index contributed by atoms with van der Waals surface area (Å²) in [5, 5.41) is 4.15. The number of allylic oxidation sites excluding steroid dienone is 1. The highest BCUT2D eigenvalue weighted by atomic mass is 35.5. The van der Waals surface area contributed by atoms with Crippen molar-refractivity contribution in [2.24, 2.45) is 5.41 Å². The fourth-order valence-corrected chi connectivity index (χ4v) is 2.31. The first-order valence-corrected chi connectivity index (χ1v) is 6.63. The van der Waals surface area contributed by atoms with Gasteiger partial charge in [0.2, 0.25) is 0 Å². The van der Waals surface area contributed by atoms with E-state index in [1.165, 1.54) is 5.57 Å². The van der Waals surface area contributed by atoms with E-state index in [2.05, 4.69) is 37.1 Å². The van der Waals surface area contributed by atoms with Crippen molar-refractivity contribution >= 4 is 24.0 Å². The molecule has 0 aliphatic carbocycles. The summed E-state index contributed by atoms with van der Waals surface area (Å²) >= 11 is 5.93. The number of benzene rings is 1. The lowest BCUT2D eigenvalue weighted by molar-refractivity contribution is 0.357. The summed E-state index contributed by atoms with van der Waals surface area (Å²) < 4.78 is 0. The van der Waals surface area contributed by atoms with Gasteiger partial charge < -0.3 is 5.32 Å². The molecule has 3 heteroatoms. The smallest absolute Gasteiger partial charge is 0.0418 e. The van der Waals surface area contributed by atoms with Gasteiger partial charge in [-0.15, -0.1) is 12.4 Å². The molecule has 0 amide bonds. The molecule has 1 fully saturated rings. The second kappa shape index (κ2) is 7.01. The lowest BCUT2D eigenvalue weighted by atomic mass is 9.79. The quantitative estimate of drug-likeness (QED) is 0.712. The van der Waals surface area contributed by atoms with Crippen LogP contribution in [0.1, 0.15) is 25.8 Å². The largest absolute Gasteiger partial charge is 0.316 e. The minimum absolute atomic E-state index is 0. The Hall–Kier alpha value is -0.940. The summed E-state index contributed by atoms with van der Waals surface area (Å²) in [4.78, 5) is 0. The summed E-state index contributed by atoms with van der Waals surface area (Å²) in [5.74, 6) is 6.30. The Labute approximate surface area is 126 Å². The van der Waals surface area contributed by atoms with Gasteiger partial charge >= 0.3 is 0 Å². The van der Waals surface area contributed by atoms with Crippen LogP contribution in [0.25, 0.3) is 0 Å². The highest BCUT2D eigenvalue weighted by Crippen LogP contribution is 2.30. The predicted octanol–water partition coefficient (Wildman–Crippen LogP) is 4.06. The number of piperidine rings is 1. The molecule has 1 aliphatic rings. The molecule has 1 saturated heterocycles. The first-order chi connectivity index (χ1) is 8.58. The van der Waals surface area contributed by atoms with Crippen molar-refractivity contribution in [3.05, 3.63) is 46.5 Å². The first-order valence-electron chi connectivity index (χ1n) is 6.25. The van der Waals surface area contributed by atoms with Crippen LogP contribution in [0.4, 0.5) is 0 Å². The molecule has 2 rings (SSSR count). The Morgan fingerprint density at radius 1 is 1.37 bits per heavy atom. The maximum Gasteiger partial charge on any atom is 0.0418 e. The third-order valence-electron chi connectivity index (χ3n) is 3.29. The van der Waals surface area contributed by atoms with Gasteiger partial charge in [0.15, 0.2) is 0 Å². The van der Waals surface area contributed by atoms with Gasteiger partial charge in [-0.1, -0.05) is 48.9 Å². The SMILES string of the molecule is CC1(C)CNCC/C1=C\C#Cc1cccc(Cl)c1.Cl. The highest BCUT2D eigenvalue weighted by Gasteiger charge is 2.25. The fraction of sp³-hybridized carbons (Fsp3) is 0.375. The summed E-state index contributed by atoms with van der Waals surface area (Å²) in [6.45, 7) is 6.59. The van der Waals surface area contributed by atoms with Gasteiger partial charge in [-0.3, -0.25) is 0 Å². The topological polar surface area (TPSA) is 12.0 Å². The van der Waals surface area contributed by atoms with E-state index in [4.69, 9.17) is 11.6 Å². The molecule has 1 heterocycles. The molecule has 0 radical (unpaired) electrons. The first kappa shape index (κ1) is 16.1. The number of nitrogens with one attached hydrogen (secondary N) is 1. The van der Waals surface area contributed by atoms with Gasteiger partial charge in [-0.25, -0.2) is 0 Å². The molecule has 1 aromatic carbocycles. The molecule has 0 spiro atoms. The Bertz CT molecular complexity index is 521. The average Bonchev–Trinajstić information content (AvgIpc) is 2.31. The van der Waals surface area contributed by atoms with Gasteiger partial charge in [-0.05, 0) is 42.7 Å². The number of rotatable bonds is 0. The Balaban J connectivity index is 0.00000180. The zero-order valence-corrected chi connectivity index (χ0v) is 12.9. The molecule has 102 valence electrons. The Morgan fingerprint density at radius 3 is 2.84 bits per heavy atom. The lowest BCUT2D eigenvalue weighted by Crippen LogP contribution is -2.37. The van der Waals surface area contributed by atoms with Crippen LogP contribution in [-0.2, 0) is 0 Å². The third kappa shape index (κ3) is 4.58. The van der Waals surface area contributed by atoms with Crippen molar-refractivity contribution in [3.8, 4) is 11.8 Å². The van der Waals surface area contributed by atoms with Crippen LogP contribution in [0.5, 0.6) is 0 Å². The molecule has 0 unspecified atom stereocenters. The summed E-state index contributed by atoms with van der Waals surface area (Å²) in [5.41, 5.74) is 2.60. The maximum atomic E-state index is 5.93. The molecule has 1 nitrogen and oxygen atoms in total. The number of hydrogen-bond acceptors (Lipinski definition) is 1. The van der Waals surface area contributed by atoms with Crippen molar-refractivity contribution in [1.29, 1.82) is 0 Å². The van der Waals surface area contributed by atoms with E-state index < -0.39 is 0 Å². The third-order valence-corrected chi connectivity index (χ3v) is 3.53. The number of hydrogen-bond donors (Lipinski definition) is 1. The summed E-state index contributed by atoms with van der Waals surface area (Å²) in [6.07, 6.45) is 3.15. The zero-order valence-electron chi connectivity index (χ0n) is 11.3. The van der Waals surface area contributed by atoms with Gasteiger partial charge in [-0.2, -0.15) is 0 Å². The van der Waals surface area contributed by atoms with Crippen molar-refractivity contribution in [2.75, 3.05) is 13.1 Å². The van der Waals surface area contributed by atoms with Gasteiger partial charge in [0.25, 0.3) is 0 Å². The van der Waals surface area contributed by atoms with Crippen molar-refractivity contribution in [3.63, 3.8) is 0 Å². The second-order valence-corrected chi connectivity index (χ2v) is 5.70. The van der Waals surface area contributed by atoms with E-state index >= 15 is 0 Å². The molecule has 0 saturated carbocycles. The van der Waals surface area contributed by atoms with E-state index in [0.717, 1.165) is 30.1 Å². The van der Waals surface area contributed by atoms with E-state index in [0.29, 0.717) is 0 Å². The van der Waals surface area contributed by atoms with Crippen LogP contribution < -0.4 is 5.32 Å². The zero-order chi connectivity index (χ0) is 13.0. The molecule has 0 atom stereocenters. The van der Waals surface area contributed by atoms with Crippen molar-refractivity contribution < 1.29 is 0 Å². The standard InChI is InChI=1S/C16H18ClN.ClH/c1-16(2)12-18-10-9-14(16)7-3-5-13-6-4-8-15(17)11-13;/h4,6-8,11,18H,9-10,12H2,1-2H3;1H/b14-7+;. The lowest BCUT2D eigenvalue weighted by Gasteiger charge is -2.33. The predicted molar refractivity (Wildman–Crippen MR) is 84.9 cm³/mol. The molecule has 1 aliphatic heterocycles. The monoisotopic (exact) mass is 295 g/mol. The minimum Gasteiger partial charge on any atom is -0.316 e. The van der Waals surface area contributed by atoms with E-state index in [1.807, 2.05) is 24.3 Å². The maximum absolute atomic E-state index is 5.93. The summed E-state index contributed by atoms with van der Waals surface area (Å²) in [6, 6.07) is 7.65. The molecule has 19 heavy (non-hydrogen) atoms. The van der Waals surface area contributed by atoms with Crippen LogP contribution in [-0.4, -0.2) is 13.1 Å². The van der Waals surface area contributed by atoms with Crippen LogP contribution in [0.2, 0.25) is 5.02 Å². The van der Waals surface area contributed by atoms with Crippen molar-refractivity contribution in [1.82, 2.24) is 5.32 Å². The Morgan fingerprint density at radius 2 is 2.16 bits per heavy atom. The van der Waals surface area contributed by atoms with E-state index in [-0.39, 0.29) is 17.8 Å². The fourth-order valence-electron chi connectivity index (χ4n) is 2.12. The van der Waals surface area contributed by atoms with Gasteiger partial charge in [0, 0.05) is 17.1 Å². The van der Waals surface area contributed by atoms with E-state index in [1.54, 1.807) is 0 Å². The van der Waals surface area contributed by atoms with Gasteiger partial charge in [0.1, 0.15) is 0 Å². The molecule has 0 bridgehead atoms. The van der Waals surface area contributed by atoms with Crippen LogP contribution >= 0.6 is 24.0 Å². The Kier molecular flexibility index (Phi) is 5.94. The van der Waals surface area contributed by atoms with Crippen molar-refractivity contribution in [2.45, 2.75) is 20.3 Å². The second-order valence-electron chi connectivity index (χ2n) is 5.26. The van der Waals surface area contributed by atoms with E-state index in [9.17, 15) is 0 Å². The average molecular weight is 296 g/mol. The molecule has 1 aromatic rings. The molecule has 1 N–H and O–H groups in total. The number of halogens is 2. The van der Waals surface area contributed by atoms with Gasteiger partial charge in [0.05, 0.1) is 0 Å². The van der Waals surface area contributed by atoms with Crippen LogP contribution in [0.15, 0.2) is 35.9 Å².